The molecule has 2 aliphatic rings. The molecule has 0 spiro atoms. The van der Waals surface area contributed by atoms with Crippen LogP contribution in [-0.2, 0) is 4.74 Å². The lowest BCUT2D eigenvalue weighted by Gasteiger charge is -2.50. The maximum atomic E-state index is 5.44. The van der Waals surface area contributed by atoms with Crippen LogP contribution in [0.3, 0.4) is 0 Å². The van der Waals surface area contributed by atoms with Crippen LogP contribution >= 0.6 is 0 Å². The van der Waals surface area contributed by atoms with Crippen molar-refractivity contribution in [2.24, 2.45) is 4.99 Å². The molecule has 0 radical (unpaired) electrons. The van der Waals surface area contributed by atoms with Gasteiger partial charge in [-0.2, -0.15) is 0 Å². The highest BCUT2D eigenvalue weighted by molar-refractivity contribution is 5.84. The molecule has 2 aromatic carbocycles. The predicted octanol–water partition coefficient (Wildman–Crippen LogP) is 5.77. The Bertz CT molecular complexity index is 895. The van der Waals surface area contributed by atoms with Crippen molar-refractivity contribution in [3.05, 3.63) is 53.6 Å². The van der Waals surface area contributed by atoms with Crippen LogP contribution in [0, 0.1) is 0 Å². The first-order chi connectivity index (χ1) is 14.3. The predicted molar refractivity (Wildman–Crippen MR) is 128 cm³/mol. The van der Waals surface area contributed by atoms with Crippen LogP contribution in [0.4, 0.5) is 17.1 Å². The van der Waals surface area contributed by atoms with Gasteiger partial charge in [0.25, 0.3) is 0 Å². The average molecular weight is 406 g/mol. The quantitative estimate of drug-likeness (QED) is 0.604. The minimum atomic E-state index is 0.179. The molecule has 30 heavy (non-hydrogen) atoms. The van der Waals surface area contributed by atoms with Gasteiger partial charge in [-0.25, -0.2) is 0 Å². The van der Waals surface area contributed by atoms with E-state index in [4.69, 9.17) is 9.73 Å². The zero-order chi connectivity index (χ0) is 21.3. The van der Waals surface area contributed by atoms with Gasteiger partial charge in [-0.1, -0.05) is 13.0 Å². The lowest BCUT2D eigenvalue weighted by Crippen LogP contribution is -2.51. The van der Waals surface area contributed by atoms with E-state index < -0.39 is 0 Å². The Hall–Kier alpha value is -2.33. The van der Waals surface area contributed by atoms with E-state index in [9.17, 15) is 0 Å². The minimum absolute atomic E-state index is 0.179. The summed E-state index contributed by atoms with van der Waals surface area (Å²) in [5.74, 6) is 0.547. The van der Waals surface area contributed by atoms with Gasteiger partial charge in [-0.3, -0.25) is 4.99 Å². The third-order valence-electron chi connectivity index (χ3n) is 6.40. The molecule has 4 heteroatoms. The number of aliphatic imine (C=N–C) groups is 1. The molecular formula is C26H35N3O. The maximum absolute atomic E-state index is 5.44. The monoisotopic (exact) mass is 405 g/mol. The third-order valence-corrected chi connectivity index (χ3v) is 6.40. The second kappa shape index (κ2) is 8.43. The van der Waals surface area contributed by atoms with Crippen molar-refractivity contribution in [2.75, 3.05) is 36.1 Å². The average Bonchev–Trinajstić information content (AvgIpc) is 2.72. The number of hydrogen-bond donors (Lipinski definition) is 0. The summed E-state index contributed by atoms with van der Waals surface area (Å²) in [7, 11) is 0. The summed E-state index contributed by atoms with van der Waals surface area (Å²) in [6.07, 6.45) is 3.16. The first-order valence-electron chi connectivity index (χ1n) is 11.3. The number of morpholine rings is 1. The Balaban J connectivity index is 1.53. The van der Waals surface area contributed by atoms with Gasteiger partial charge in [0.1, 0.15) is 0 Å². The van der Waals surface area contributed by atoms with Crippen molar-refractivity contribution in [1.82, 2.24) is 0 Å². The Morgan fingerprint density at radius 2 is 1.77 bits per heavy atom. The van der Waals surface area contributed by atoms with E-state index in [1.54, 1.807) is 0 Å². The van der Waals surface area contributed by atoms with Crippen LogP contribution in [0.15, 0.2) is 47.5 Å². The molecule has 0 saturated carbocycles. The van der Waals surface area contributed by atoms with E-state index in [1.165, 1.54) is 28.9 Å². The Kier molecular flexibility index (Phi) is 5.88. The molecule has 2 heterocycles. The maximum Gasteiger partial charge on any atom is 0.0642 e. The molecule has 4 nitrogen and oxygen atoms in total. The van der Waals surface area contributed by atoms with E-state index in [0.29, 0.717) is 12.0 Å². The summed E-state index contributed by atoms with van der Waals surface area (Å²) < 4.78 is 5.44. The third kappa shape index (κ3) is 4.24. The van der Waals surface area contributed by atoms with Gasteiger partial charge < -0.3 is 14.5 Å². The molecule has 4 rings (SSSR count). The van der Waals surface area contributed by atoms with Crippen molar-refractivity contribution >= 4 is 23.3 Å². The molecule has 2 aromatic rings. The molecule has 1 unspecified atom stereocenters. The molecule has 1 fully saturated rings. The number of anilines is 2. The van der Waals surface area contributed by atoms with Crippen molar-refractivity contribution < 1.29 is 4.74 Å². The van der Waals surface area contributed by atoms with Gasteiger partial charge in [0.15, 0.2) is 0 Å². The number of fused-ring (bicyclic) bond motifs is 1. The summed E-state index contributed by atoms with van der Waals surface area (Å²) >= 11 is 0. The van der Waals surface area contributed by atoms with Crippen LogP contribution in [-0.4, -0.2) is 44.1 Å². The topological polar surface area (TPSA) is 28.1 Å². The van der Waals surface area contributed by atoms with E-state index in [2.05, 4.69) is 86.9 Å². The zero-order valence-electron chi connectivity index (χ0n) is 19.1. The van der Waals surface area contributed by atoms with Crippen LogP contribution in [0.5, 0.6) is 0 Å². The first-order valence-corrected chi connectivity index (χ1v) is 11.3. The van der Waals surface area contributed by atoms with Crippen LogP contribution in [0.2, 0.25) is 0 Å². The van der Waals surface area contributed by atoms with Crippen molar-refractivity contribution in [3.63, 3.8) is 0 Å². The van der Waals surface area contributed by atoms with Gasteiger partial charge in [-0.15, -0.1) is 0 Å². The fourth-order valence-corrected chi connectivity index (χ4v) is 5.25. The Morgan fingerprint density at radius 1 is 1.07 bits per heavy atom. The lowest BCUT2D eigenvalue weighted by atomic mass is 9.79. The van der Waals surface area contributed by atoms with E-state index >= 15 is 0 Å². The van der Waals surface area contributed by atoms with Gasteiger partial charge >= 0.3 is 0 Å². The summed E-state index contributed by atoms with van der Waals surface area (Å²) in [6, 6.07) is 15.8. The van der Waals surface area contributed by atoms with Gasteiger partial charge in [0.2, 0.25) is 0 Å². The number of benzene rings is 2. The smallest absolute Gasteiger partial charge is 0.0642 e. The summed E-state index contributed by atoms with van der Waals surface area (Å²) in [4.78, 5) is 9.68. The molecule has 0 aromatic heterocycles. The fraction of sp³-hybridized carbons (Fsp3) is 0.500. The second-order valence-electron chi connectivity index (χ2n) is 9.57. The Labute approximate surface area is 181 Å². The van der Waals surface area contributed by atoms with Crippen molar-refractivity contribution in [2.45, 2.75) is 58.5 Å². The van der Waals surface area contributed by atoms with Crippen molar-refractivity contribution in [3.8, 4) is 0 Å². The van der Waals surface area contributed by atoms with Crippen LogP contribution in [0.25, 0.3) is 0 Å². The standard InChI is InChI=1S/C26H35N3O/c1-19(2)29-25-11-6-21(16-24(25)20(3)17-26(29,4)5)18-27-22-7-9-23(10-8-22)28-12-14-30-15-13-28/h6-11,16,18-20H,12-15,17H2,1-5H3. The fourth-order valence-electron chi connectivity index (χ4n) is 5.25. The minimum Gasteiger partial charge on any atom is -0.378 e. The van der Waals surface area contributed by atoms with E-state index in [-0.39, 0.29) is 5.54 Å². The molecule has 0 aliphatic carbocycles. The summed E-state index contributed by atoms with van der Waals surface area (Å²) in [5, 5.41) is 0. The van der Waals surface area contributed by atoms with Gasteiger partial charge in [0, 0.05) is 42.3 Å². The van der Waals surface area contributed by atoms with Gasteiger partial charge in [-0.05, 0) is 87.6 Å². The van der Waals surface area contributed by atoms with Crippen LogP contribution < -0.4 is 9.80 Å². The number of ether oxygens (including phenoxy) is 1. The highest BCUT2D eigenvalue weighted by Crippen LogP contribution is 2.44. The summed E-state index contributed by atoms with van der Waals surface area (Å²) in [6.45, 7) is 15.2. The van der Waals surface area contributed by atoms with E-state index in [1.807, 2.05) is 6.21 Å². The second-order valence-corrected chi connectivity index (χ2v) is 9.57. The molecule has 160 valence electrons. The number of rotatable bonds is 4. The van der Waals surface area contributed by atoms with E-state index in [0.717, 1.165) is 32.0 Å². The SMILES string of the molecule is CC1CC(C)(C)N(C(C)C)c2ccc(C=Nc3ccc(N4CCOCC4)cc3)cc21. The van der Waals surface area contributed by atoms with Crippen molar-refractivity contribution in [1.29, 1.82) is 0 Å². The molecular weight excluding hydrogens is 370 g/mol. The Morgan fingerprint density at radius 3 is 2.43 bits per heavy atom. The number of nitrogens with zero attached hydrogens (tertiary/aromatic N) is 3. The highest BCUT2D eigenvalue weighted by atomic mass is 16.5. The molecule has 1 atom stereocenters. The first kappa shape index (κ1) is 20.9. The molecule has 1 saturated heterocycles. The molecule has 0 N–H and O–H groups in total. The lowest BCUT2D eigenvalue weighted by molar-refractivity contribution is 0.122. The normalized spacial score (nSPS) is 21.3. The largest absolute Gasteiger partial charge is 0.378 e. The molecule has 0 amide bonds. The molecule has 2 aliphatic heterocycles. The zero-order valence-corrected chi connectivity index (χ0v) is 19.1. The van der Waals surface area contributed by atoms with Gasteiger partial charge in [0.05, 0.1) is 18.9 Å². The summed E-state index contributed by atoms with van der Waals surface area (Å²) in [5.41, 5.74) is 6.40. The highest BCUT2D eigenvalue weighted by Gasteiger charge is 2.37. The number of hydrogen-bond acceptors (Lipinski definition) is 4. The molecule has 0 bridgehead atoms. The van der Waals surface area contributed by atoms with Crippen LogP contribution in [0.1, 0.15) is 58.1 Å².